The minimum atomic E-state index is 0.264. The zero-order valence-corrected chi connectivity index (χ0v) is 10.8. The molecule has 0 amide bonds. The third-order valence-electron chi connectivity index (χ3n) is 3.11. The summed E-state index contributed by atoms with van der Waals surface area (Å²) in [5, 5.41) is 4.57. The number of hydrogen-bond donors (Lipinski definition) is 1. The molecule has 16 heavy (non-hydrogen) atoms. The smallest absolute Gasteiger partial charge is 0.0640 e. The summed E-state index contributed by atoms with van der Waals surface area (Å²) in [5.74, 6) is 0. The van der Waals surface area contributed by atoms with Gasteiger partial charge in [-0.25, -0.2) is 0 Å². The quantitative estimate of drug-likeness (QED) is 0.772. The molecule has 1 heterocycles. The zero-order valence-electron chi connectivity index (χ0n) is 10.8. The molecule has 92 valence electrons. The first kappa shape index (κ1) is 13.2. The molecule has 1 aromatic heterocycles. The monoisotopic (exact) mass is 223 g/mol. The van der Waals surface area contributed by atoms with Crippen molar-refractivity contribution in [2.24, 2.45) is 5.73 Å². The van der Waals surface area contributed by atoms with Crippen molar-refractivity contribution < 1.29 is 0 Å². The Hall–Kier alpha value is -0.830. The van der Waals surface area contributed by atoms with E-state index in [2.05, 4.69) is 38.1 Å². The summed E-state index contributed by atoms with van der Waals surface area (Å²) in [7, 11) is 0. The van der Waals surface area contributed by atoms with E-state index < -0.39 is 0 Å². The molecular formula is C13H25N3. The van der Waals surface area contributed by atoms with Crippen LogP contribution in [0.5, 0.6) is 0 Å². The van der Waals surface area contributed by atoms with Gasteiger partial charge in [0.1, 0.15) is 0 Å². The first-order chi connectivity index (χ1) is 7.67. The average Bonchev–Trinajstić information content (AvgIpc) is 2.73. The fourth-order valence-electron chi connectivity index (χ4n) is 1.76. The Kier molecular flexibility index (Phi) is 5.53. The van der Waals surface area contributed by atoms with Gasteiger partial charge in [0.25, 0.3) is 0 Å². The van der Waals surface area contributed by atoms with E-state index in [1.165, 1.54) is 12.8 Å². The number of aromatic nitrogens is 2. The Bertz CT molecular complexity index is 293. The first-order valence-electron chi connectivity index (χ1n) is 6.47. The molecular weight excluding hydrogens is 198 g/mol. The lowest BCUT2D eigenvalue weighted by atomic mass is 10.1. The van der Waals surface area contributed by atoms with E-state index in [0.29, 0.717) is 6.04 Å². The van der Waals surface area contributed by atoms with Gasteiger partial charge in [-0.2, -0.15) is 5.10 Å². The Morgan fingerprint density at radius 1 is 1.44 bits per heavy atom. The maximum atomic E-state index is 6.06. The molecule has 0 aliphatic rings. The first-order valence-corrected chi connectivity index (χ1v) is 6.47. The highest BCUT2D eigenvalue weighted by atomic mass is 15.3. The second-order valence-electron chi connectivity index (χ2n) is 4.65. The van der Waals surface area contributed by atoms with E-state index in [1.807, 2.05) is 4.68 Å². The van der Waals surface area contributed by atoms with Crippen LogP contribution in [0.25, 0.3) is 0 Å². The lowest BCUT2D eigenvalue weighted by molar-refractivity contribution is 0.469. The maximum absolute atomic E-state index is 6.06. The largest absolute Gasteiger partial charge is 0.327 e. The standard InChI is InChI=1S/C13H25N3/c1-4-6-7-12(14)10-13-8-9-16(15-13)11(3)5-2/h8-9,11-12H,4-7,10,14H2,1-3H3. The van der Waals surface area contributed by atoms with Crippen LogP contribution in [0.1, 0.15) is 58.2 Å². The highest BCUT2D eigenvalue weighted by molar-refractivity contribution is 5.01. The summed E-state index contributed by atoms with van der Waals surface area (Å²) >= 11 is 0. The average molecular weight is 223 g/mol. The number of nitrogens with two attached hydrogens (primary N) is 1. The molecule has 0 saturated heterocycles. The Morgan fingerprint density at radius 2 is 2.19 bits per heavy atom. The fraction of sp³-hybridized carbons (Fsp3) is 0.769. The molecule has 0 radical (unpaired) electrons. The molecule has 0 aliphatic carbocycles. The molecule has 2 unspecified atom stereocenters. The van der Waals surface area contributed by atoms with Crippen LogP contribution in [0.3, 0.4) is 0 Å². The van der Waals surface area contributed by atoms with Gasteiger partial charge in [-0.3, -0.25) is 4.68 Å². The van der Waals surface area contributed by atoms with Gasteiger partial charge in [-0.05, 0) is 25.8 Å². The third-order valence-corrected chi connectivity index (χ3v) is 3.11. The van der Waals surface area contributed by atoms with E-state index in [4.69, 9.17) is 5.73 Å². The van der Waals surface area contributed by atoms with Gasteiger partial charge in [-0.1, -0.05) is 26.7 Å². The lowest BCUT2D eigenvalue weighted by Gasteiger charge is -2.10. The molecule has 3 nitrogen and oxygen atoms in total. The van der Waals surface area contributed by atoms with Crippen LogP contribution in [0.2, 0.25) is 0 Å². The minimum Gasteiger partial charge on any atom is -0.327 e. The Morgan fingerprint density at radius 3 is 2.81 bits per heavy atom. The van der Waals surface area contributed by atoms with E-state index in [9.17, 15) is 0 Å². The Balaban J connectivity index is 2.45. The summed E-state index contributed by atoms with van der Waals surface area (Å²) in [6.45, 7) is 6.57. The van der Waals surface area contributed by atoms with Gasteiger partial charge in [0.2, 0.25) is 0 Å². The summed E-state index contributed by atoms with van der Waals surface area (Å²) in [5.41, 5.74) is 7.19. The van der Waals surface area contributed by atoms with Gasteiger partial charge < -0.3 is 5.73 Å². The summed E-state index contributed by atoms with van der Waals surface area (Å²) in [6.07, 6.45) is 7.62. The Labute approximate surface area is 99.0 Å². The van der Waals surface area contributed by atoms with Crippen molar-refractivity contribution in [3.8, 4) is 0 Å². The molecule has 3 heteroatoms. The molecule has 1 rings (SSSR count). The predicted octanol–water partition coefficient (Wildman–Crippen LogP) is 2.91. The predicted molar refractivity (Wildman–Crippen MR) is 68.4 cm³/mol. The van der Waals surface area contributed by atoms with Crippen LogP contribution in [-0.2, 0) is 6.42 Å². The molecule has 0 spiro atoms. The molecule has 1 aromatic rings. The van der Waals surface area contributed by atoms with Gasteiger partial charge in [0, 0.05) is 24.7 Å². The fourth-order valence-corrected chi connectivity index (χ4v) is 1.76. The molecule has 0 aromatic carbocycles. The summed E-state index contributed by atoms with van der Waals surface area (Å²) < 4.78 is 2.04. The summed E-state index contributed by atoms with van der Waals surface area (Å²) in [6, 6.07) is 2.85. The van der Waals surface area contributed by atoms with Crippen LogP contribution in [0.15, 0.2) is 12.3 Å². The second-order valence-corrected chi connectivity index (χ2v) is 4.65. The van der Waals surface area contributed by atoms with Crippen LogP contribution >= 0.6 is 0 Å². The van der Waals surface area contributed by atoms with E-state index >= 15 is 0 Å². The van der Waals surface area contributed by atoms with Crippen molar-refractivity contribution in [1.82, 2.24) is 9.78 Å². The number of hydrogen-bond acceptors (Lipinski definition) is 2. The molecule has 2 atom stereocenters. The number of unbranched alkanes of at least 4 members (excludes halogenated alkanes) is 1. The van der Waals surface area contributed by atoms with E-state index in [-0.39, 0.29) is 6.04 Å². The van der Waals surface area contributed by atoms with Crippen LogP contribution in [0, 0.1) is 0 Å². The van der Waals surface area contributed by atoms with Gasteiger partial charge in [-0.15, -0.1) is 0 Å². The van der Waals surface area contributed by atoms with Crippen molar-refractivity contribution in [1.29, 1.82) is 0 Å². The normalized spacial score (nSPS) is 15.0. The van der Waals surface area contributed by atoms with E-state index in [0.717, 1.165) is 25.0 Å². The second kappa shape index (κ2) is 6.69. The van der Waals surface area contributed by atoms with Crippen molar-refractivity contribution >= 4 is 0 Å². The van der Waals surface area contributed by atoms with Crippen LogP contribution in [0.4, 0.5) is 0 Å². The molecule has 0 saturated carbocycles. The maximum Gasteiger partial charge on any atom is 0.0640 e. The van der Waals surface area contributed by atoms with Crippen molar-refractivity contribution in [3.05, 3.63) is 18.0 Å². The highest BCUT2D eigenvalue weighted by Gasteiger charge is 2.08. The number of rotatable bonds is 7. The zero-order chi connectivity index (χ0) is 12.0. The van der Waals surface area contributed by atoms with Gasteiger partial charge >= 0.3 is 0 Å². The highest BCUT2D eigenvalue weighted by Crippen LogP contribution is 2.11. The summed E-state index contributed by atoms with van der Waals surface area (Å²) in [4.78, 5) is 0. The van der Waals surface area contributed by atoms with Gasteiger partial charge in [0.05, 0.1) is 5.69 Å². The van der Waals surface area contributed by atoms with Crippen LogP contribution in [-0.4, -0.2) is 15.8 Å². The van der Waals surface area contributed by atoms with Crippen molar-refractivity contribution in [2.45, 2.75) is 65.0 Å². The number of nitrogens with zero attached hydrogens (tertiary/aromatic N) is 2. The SMILES string of the molecule is CCCCC(N)Cc1ccn(C(C)CC)n1. The van der Waals surface area contributed by atoms with Gasteiger partial charge in [0.15, 0.2) is 0 Å². The molecule has 0 fully saturated rings. The molecule has 0 aliphatic heterocycles. The van der Waals surface area contributed by atoms with Crippen molar-refractivity contribution in [3.63, 3.8) is 0 Å². The molecule has 0 bridgehead atoms. The third kappa shape index (κ3) is 3.97. The topological polar surface area (TPSA) is 43.8 Å². The van der Waals surface area contributed by atoms with Crippen molar-refractivity contribution in [2.75, 3.05) is 0 Å². The molecule has 2 N–H and O–H groups in total. The lowest BCUT2D eigenvalue weighted by Crippen LogP contribution is -2.23. The van der Waals surface area contributed by atoms with E-state index in [1.54, 1.807) is 0 Å². The van der Waals surface area contributed by atoms with Crippen LogP contribution < -0.4 is 5.73 Å². The minimum absolute atomic E-state index is 0.264.